The van der Waals surface area contributed by atoms with E-state index in [0.717, 1.165) is 5.56 Å². The molecule has 0 bridgehead atoms. The zero-order chi connectivity index (χ0) is 19.8. The molecular formula is C20H22FNO5. The molecular weight excluding hydrogens is 353 g/mol. The number of halogens is 1. The van der Waals surface area contributed by atoms with E-state index in [1.807, 2.05) is 0 Å². The van der Waals surface area contributed by atoms with Crippen molar-refractivity contribution in [2.45, 2.75) is 26.0 Å². The first kappa shape index (κ1) is 20.2. The number of nitrogens with one attached hydrogen (secondary N) is 1. The van der Waals surface area contributed by atoms with Gasteiger partial charge in [0.05, 0.1) is 26.7 Å². The van der Waals surface area contributed by atoms with Crippen LogP contribution < -0.4 is 14.8 Å². The standard InChI is InChI=1S/C20H22FNO5/c1-13(23)22-18(14-4-7-17(25-2)8-5-14)11-20(24)27-12-15-10-16(21)6-9-19(15)26-3/h4-10,18H,11-12H2,1-3H3,(H,22,23). The molecule has 0 aliphatic rings. The smallest absolute Gasteiger partial charge is 0.308 e. The van der Waals surface area contributed by atoms with Crippen LogP contribution in [-0.2, 0) is 20.9 Å². The maximum absolute atomic E-state index is 13.4. The fourth-order valence-corrected chi connectivity index (χ4v) is 2.58. The lowest BCUT2D eigenvalue weighted by Gasteiger charge is -2.18. The summed E-state index contributed by atoms with van der Waals surface area (Å²) in [5.74, 6) is -0.152. The number of methoxy groups -OCH3 is 2. The molecule has 1 atom stereocenters. The minimum atomic E-state index is -0.546. The topological polar surface area (TPSA) is 73.9 Å². The van der Waals surface area contributed by atoms with Crippen LogP contribution >= 0.6 is 0 Å². The summed E-state index contributed by atoms with van der Waals surface area (Å²) >= 11 is 0. The summed E-state index contributed by atoms with van der Waals surface area (Å²) in [5.41, 5.74) is 1.16. The minimum absolute atomic E-state index is 0.0659. The summed E-state index contributed by atoms with van der Waals surface area (Å²) in [5, 5.41) is 2.73. The lowest BCUT2D eigenvalue weighted by Crippen LogP contribution is -2.28. The third-order valence-corrected chi connectivity index (χ3v) is 3.90. The first-order valence-electron chi connectivity index (χ1n) is 8.32. The average molecular weight is 375 g/mol. The number of rotatable bonds is 8. The van der Waals surface area contributed by atoms with Crippen LogP contribution in [0.4, 0.5) is 4.39 Å². The van der Waals surface area contributed by atoms with Gasteiger partial charge in [-0.3, -0.25) is 9.59 Å². The maximum atomic E-state index is 13.4. The molecule has 1 unspecified atom stereocenters. The summed E-state index contributed by atoms with van der Waals surface area (Å²) in [4.78, 5) is 23.7. The van der Waals surface area contributed by atoms with E-state index in [1.165, 1.54) is 32.2 Å². The average Bonchev–Trinajstić information content (AvgIpc) is 2.65. The molecule has 1 N–H and O–H groups in total. The predicted molar refractivity (Wildman–Crippen MR) is 96.9 cm³/mol. The molecule has 0 heterocycles. The van der Waals surface area contributed by atoms with Crippen molar-refractivity contribution in [1.82, 2.24) is 5.32 Å². The number of esters is 1. The fourth-order valence-electron chi connectivity index (χ4n) is 2.58. The van der Waals surface area contributed by atoms with Crippen LogP contribution in [0.1, 0.15) is 30.5 Å². The van der Waals surface area contributed by atoms with Crippen molar-refractivity contribution in [2.24, 2.45) is 0 Å². The molecule has 0 fully saturated rings. The van der Waals surface area contributed by atoms with E-state index < -0.39 is 17.8 Å². The monoisotopic (exact) mass is 375 g/mol. The van der Waals surface area contributed by atoms with Gasteiger partial charge >= 0.3 is 5.97 Å². The van der Waals surface area contributed by atoms with Crippen LogP contribution in [0.25, 0.3) is 0 Å². The van der Waals surface area contributed by atoms with Gasteiger partial charge in [-0.25, -0.2) is 4.39 Å². The quantitative estimate of drug-likeness (QED) is 0.718. The second-order valence-corrected chi connectivity index (χ2v) is 5.85. The molecule has 144 valence electrons. The Bertz CT molecular complexity index is 791. The Morgan fingerprint density at radius 1 is 1.07 bits per heavy atom. The van der Waals surface area contributed by atoms with Gasteiger partial charge in [0.25, 0.3) is 0 Å². The maximum Gasteiger partial charge on any atom is 0.308 e. The van der Waals surface area contributed by atoms with Gasteiger partial charge in [-0.2, -0.15) is 0 Å². The van der Waals surface area contributed by atoms with Crippen LogP contribution in [0.15, 0.2) is 42.5 Å². The number of carbonyl (C=O) groups excluding carboxylic acids is 2. The lowest BCUT2D eigenvalue weighted by atomic mass is 10.0. The van der Waals surface area contributed by atoms with Crippen LogP contribution in [0, 0.1) is 5.82 Å². The summed E-state index contributed by atoms with van der Waals surface area (Å²) < 4.78 is 28.9. The van der Waals surface area contributed by atoms with E-state index in [1.54, 1.807) is 31.4 Å². The minimum Gasteiger partial charge on any atom is -0.497 e. The first-order chi connectivity index (χ1) is 12.9. The van der Waals surface area contributed by atoms with Gasteiger partial charge in [0.2, 0.25) is 5.91 Å². The van der Waals surface area contributed by atoms with Gasteiger partial charge in [0, 0.05) is 12.5 Å². The molecule has 0 saturated heterocycles. The molecule has 7 heteroatoms. The van der Waals surface area contributed by atoms with E-state index >= 15 is 0 Å². The Balaban J connectivity index is 2.05. The summed E-state index contributed by atoms with van der Waals surface area (Å²) in [6.07, 6.45) is -0.0659. The normalized spacial score (nSPS) is 11.4. The fraction of sp³-hybridized carbons (Fsp3) is 0.300. The largest absolute Gasteiger partial charge is 0.497 e. The molecule has 2 aromatic carbocycles. The molecule has 1 amide bonds. The highest BCUT2D eigenvalue weighted by Gasteiger charge is 2.19. The Kier molecular flexibility index (Phi) is 7.16. The van der Waals surface area contributed by atoms with Crippen molar-refractivity contribution in [3.05, 3.63) is 59.4 Å². The van der Waals surface area contributed by atoms with E-state index in [4.69, 9.17) is 14.2 Å². The molecule has 0 saturated carbocycles. The highest BCUT2D eigenvalue weighted by molar-refractivity contribution is 5.76. The van der Waals surface area contributed by atoms with Crippen LogP contribution in [-0.4, -0.2) is 26.1 Å². The summed E-state index contributed by atoms with van der Waals surface area (Å²) in [6.45, 7) is 1.24. The number of hydrogen-bond acceptors (Lipinski definition) is 5. The van der Waals surface area contributed by atoms with Crippen molar-refractivity contribution in [3.8, 4) is 11.5 Å². The molecule has 2 aromatic rings. The molecule has 6 nitrogen and oxygen atoms in total. The van der Waals surface area contributed by atoms with E-state index in [9.17, 15) is 14.0 Å². The second kappa shape index (κ2) is 9.56. The second-order valence-electron chi connectivity index (χ2n) is 5.85. The molecule has 0 aliphatic heterocycles. The lowest BCUT2D eigenvalue weighted by molar-refractivity contribution is -0.145. The zero-order valence-corrected chi connectivity index (χ0v) is 15.5. The molecule has 0 spiro atoms. The van der Waals surface area contributed by atoms with Crippen molar-refractivity contribution in [1.29, 1.82) is 0 Å². The van der Waals surface area contributed by atoms with E-state index in [2.05, 4.69) is 5.32 Å². The summed E-state index contributed by atoms with van der Waals surface area (Å²) in [6, 6.07) is 10.5. The van der Waals surface area contributed by atoms with Crippen LogP contribution in [0.2, 0.25) is 0 Å². The van der Waals surface area contributed by atoms with Crippen molar-refractivity contribution in [3.63, 3.8) is 0 Å². The molecule has 2 rings (SSSR count). The number of amides is 1. The Labute approximate surface area is 157 Å². The molecule has 0 aliphatic carbocycles. The number of carbonyl (C=O) groups is 2. The van der Waals surface area contributed by atoms with E-state index in [0.29, 0.717) is 17.1 Å². The molecule has 0 radical (unpaired) electrons. The zero-order valence-electron chi connectivity index (χ0n) is 15.5. The van der Waals surface area contributed by atoms with Crippen molar-refractivity contribution >= 4 is 11.9 Å². The number of ether oxygens (including phenoxy) is 3. The van der Waals surface area contributed by atoms with Crippen LogP contribution in [0.5, 0.6) is 11.5 Å². The van der Waals surface area contributed by atoms with Crippen LogP contribution in [0.3, 0.4) is 0 Å². The van der Waals surface area contributed by atoms with Gasteiger partial charge in [-0.05, 0) is 35.9 Å². The van der Waals surface area contributed by atoms with Crippen molar-refractivity contribution in [2.75, 3.05) is 14.2 Å². The Morgan fingerprint density at radius 2 is 1.78 bits per heavy atom. The van der Waals surface area contributed by atoms with Gasteiger partial charge < -0.3 is 19.5 Å². The molecule has 27 heavy (non-hydrogen) atoms. The van der Waals surface area contributed by atoms with Crippen molar-refractivity contribution < 1.29 is 28.2 Å². The van der Waals surface area contributed by atoms with Gasteiger partial charge in [0.1, 0.15) is 23.9 Å². The molecule has 0 aromatic heterocycles. The van der Waals surface area contributed by atoms with Gasteiger partial charge in [0.15, 0.2) is 0 Å². The highest BCUT2D eigenvalue weighted by atomic mass is 19.1. The van der Waals surface area contributed by atoms with Gasteiger partial charge in [-0.15, -0.1) is 0 Å². The SMILES string of the molecule is COc1ccc(C(CC(=O)OCc2cc(F)ccc2OC)NC(C)=O)cc1. The third-order valence-electron chi connectivity index (χ3n) is 3.90. The Hall–Kier alpha value is -3.09. The predicted octanol–water partition coefficient (Wildman–Crippen LogP) is 3.15. The summed E-state index contributed by atoms with van der Waals surface area (Å²) in [7, 11) is 3.01. The van der Waals surface area contributed by atoms with Gasteiger partial charge in [-0.1, -0.05) is 12.1 Å². The first-order valence-corrected chi connectivity index (χ1v) is 8.32. The van der Waals surface area contributed by atoms with E-state index in [-0.39, 0.29) is 18.9 Å². The Morgan fingerprint density at radius 3 is 2.37 bits per heavy atom. The number of benzene rings is 2. The number of hydrogen-bond donors (Lipinski definition) is 1. The third kappa shape index (κ3) is 5.99. The highest BCUT2D eigenvalue weighted by Crippen LogP contribution is 2.23.